The van der Waals surface area contributed by atoms with Crippen LogP contribution in [0.1, 0.15) is 6.92 Å². The number of aliphatic hydroxyl groups excluding tert-OH is 8. The molecular formula is C14H28N2O11. The van der Waals surface area contributed by atoms with Gasteiger partial charge >= 0.3 is 0 Å². The first-order chi connectivity index (χ1) is 12.4. The maximum Gasteiger partial charge on any atom is 0.183 e. The van der Waals surface area contributed by atoms with E-state index in [0.717, 1.165) is 6.92 Å². The van der Waals surface area contributed by atoms with E-state index < -0.39 is 79.8 Å². The number of aliphatic hydroxyl groups is 8. The lowest BCUT2D eigenvalue weighted by Crippen LogP contribution is -2.73. The molecule has 160 valence electrons. The monoisotopic (exact) mass is 400 g/mol. The van der Waals surface area contributed by atoms with E-state index in [-0.39, 0.29) is 0 Å². The smallest absolute Gasteiger partial charge is 0.183 e. The molecule has 0 aliphatic carbocycles. The van der Waals surface area contributed by atoms with Crippen molar-refractivity contribution in [3.63, 3.8) is 0 Å². The third-order valence-electron chi connectivity index (χ3n) is 4.64. The molecule has 0 bridgehead atoms. The molecule has 2 saturated heterocycles. The van der Waals surface area contributed by atoms with Crippen molar-refractivity contribution < 1.29 is 55.1 Å². The number of Topliss-reactive ketones (excluding diaryl/α,β-unsaturated/α-hetero) is 1. The predicted molar refractivity (Wildman–Crippen MR) is 85.5 cm³/mol. The highest BCUT2D eigenvalue weighted by Gasteiger charge is 2.55. The molecule has 0 radical (unpaired) electrons. The summed E-state index contributed by atoms with van der Waals surface area (Å²) in [4.78, 5) is 11.2. The van der Waals surface area contributed by atoms with Crippen LogP contribution in [-0.2, 0) is 14.3 Å². The van der Waals surface area contributed by atoms with Crippen LogP contribution in [0.3, 0.4) is 0 Å². The molecule has 2 aliphatic heterocycles. The molecule has 0 aromatic rings. The van der Waals surface area contributed by atoms with E-state index >= 15 is 0 Å². The highest BCUT2D eigenvalue weighted by molar-refractivity contribution is 5.87. The molecular weight excluding hydrogens is 372 g/mol. The second-order valence-corrected chi connectivity index (χ2v) is 6.44. The Hall–Kier alpha value is -0.810. The highest BCUT2D eigenvalue weighted by atomic mass is 16.6. The summed E-state index contributed by atoms with van der Waals surface area (Å²) in [5.74, 6) is -0.710. The van der Waals surface area contributed by atoms with E-state index in [0.29, 0.717) is 0 Å². The largest absolute Gasteiger partial charge is 0.394 e. The molecule has 2 unspecified atom stereocenters. The fraction of sp³-hybridized carbons (Fsp3) is 0.929. The molecule has 0 amide bonds. The second kappa shape index (κ2) is 9.60. The number of hydrogen-bond acceptors (Lipinski definition) is 13. The maximum atomic E-state index is 11.2. The van der Waals surface area contributed by atoms with Gasteiger partial charge in [0, 0.05) is 0 Å². The van der Waals surface area contributed by atoms with Crippen LogP contribution < -0.4 is 11.5 Å². The lowest BCUT2D eigenvalue weighted by atomic mass is 9.81. The molecule has 0 aromatic heterocycles. The lowest BCUT2D eigenvalue weighted by molar-refractivity contribution is -0.270. The zero-order valence-electron chi connectivity index (χ0n) is 14.6. The summed E-state index contributed by atoms with van der Waals surface area (Å²) in [7, 11) is 0. The average Bonchev–Trinajstić information content (AvgIpc) is 2.64. The van der Waals surface area contributed by atoms with Gasteiger partial charge < -0.3 is 61.8 Å². The van der Waals surface area contributed by atoms with E-state index in [1.165, 1.54) is 0 Å². The highest BCUT2D eigenvalue weighted by Crippen LogP contribution is 2.27. The van der Waals surface area contributed by atoms with E-state index in [9.17, 15) is 30.3 Å². The van der Waals surface area contributed by atoms with Crippen LogP contribution in [0.25, 0.3) is 0 Å². The van der Waals surface area contributed by atoms with Crippen molar-refractivity contribution in [3.8, 4) is 0 Å². The summed E-state index contributed by atoms with van der Waals surface area (Å²) < 4.78 is 9.45. The predicted octanol–water partition coefficient (Wildman–Crippen LogP) is -6.55. The fourth-order valence-corrected chi connectivity index (χ4v) is 2.64. The van der Waals surface area contributed by atoms with Crippen LogP contribution in [-0.4, -0.2) is 121 Å². The molecule has 10 atom stereocenters. The van der Waals surface area contributed by atoms with Crippen LogP contribution >= 0.6 is 0 Å². The van der Waals surface area contributed by atoms with Crippen molar-refractivity contribution >= 4 is 5.78 Å². The number of ketones is 1. The third-order valence-corrected chi connectivity index (χ3v) is 4.64. The lowest BCUT2D eigenvalue weighted by Gasteiger charge is -2.45. The van der Waals surface area contributed by atoms with Gasteiger partial charge in [0.15, 0.2) is 23.9 Å². The Balaban J connectivity index is 0.000000277. The summed E-state index contributed by atoms with van der Waals surface area (Å²) in [6.07, 6.45) is -11.0. The third kappa shape index (κ3) is 4.79. The Bertz CT molecular complexity index is 493. The van der Waals surface area contributed by atoms with Crippen molar-refractivity contribution in [2.75, 3.05) is 13.2 Å². The van der Waals surface area contributed by atoms with Gasteiger partial charge in [0.05, 0.1) is 19.3 Å². The van der Waals surface area contributed by atoms with Gasteiger partial charge in [0.1, 0.15) is 36.6 Å². The molecule has 12 N–H and O–H groups in total. The zero-order chi connectivity index (χ0) is 21.1. The topological polar surface area (TPSA) is 249 Å². The van der Waals surface area contributed by atoms with Crippen molar-refractivity contribution in [2.24, 2.45) is 11.5 Å². The van der Waals surface area contributed by atoms with Crippen LogP contribution in [0, 0.1) is 0 Å². The number of nitrogens with two attached hydrogens (primary N) is 2. The van der Waals surface area contributed by atoms with E-state index in [2.05, 4.69) is 0 Å². The van der Waals surface area contributed by atoms with Gasteiger partial charge in [-0.15, -0.1) is 0 Å². The molecule has 0 aromatic carbocycles. The minimum atomic E-state index is -2.06. The minimum absolute atomic E-state index is 0.470. The molecule has 2 aliphatic rings. The first-order valence-electron chi connectivity index (χ1n) is 8.09. The van der Waals surface area contributed by atoms with Crippen molar-refractivity contribution in [1.29, 1.82) is 0 Å². The number of rotatable bonds is 3. The van der Waals surface area contributed by atoms with Gasteiger partial charge in [-0.25, -0.2) is 0 Å². The van der Waals surface area contributed by atoms with E-state index in [4.69, 9.17) is 36.3 Å². The van der Waals surface area contributed by atoms with Crippen LogP contribution in [0.15, 0.2) is 0 Å². The van der Waals surface area contributed by atoms with E-state index in [1.807, 2.05) is 0 Å². The molecule has 2 heterocycles. The van der Waals surface area contributed by atoms with Gasteiger partial charge in [-0.1, -0.05) is 0 Å². The van der Waals surface area contributed by atoms with Gasteiger partial charge in [0.25, 0.3) is 0 Å². The van der Waals surface area contributed by atoms with Gasteiger partial charge in [-0.3, -0.25) is 4.79 Å². The molecule has 2 fully saturated rings. The molecule has 13 heteroatoms. The summed E-state index contributed by atoms with van der Waals surface area (Å²) in [6.45, 7) is 0.00701. The first-order valence-corrected chi connectivity index (χ1v) is 8.09. The summed E-state index contributed by atoms with van der Waals surface area (Å²) in [5.41, 5.74) is 8.68. The van der Waals surface area contributed by atoms with Crippen molar-refractivity contribution in [1.82, 2.24) is 0 Å². The Morgan fingerprint density at radius 2 is 1.41 bits per heavy atom. The van der Waals surface area contributed by atoms with Crippen LogP contribution in [0.4, 0.5) is 0 Å². The number of ether oxygens (including phenoxy) is 2. The number of carbonyl (C=O) groups is 1. The summed E-state index contributed by atoms with van der Waals surface area (Å²) in [5, 5.41) is 73.3. The standard InChI is InChI=1S/C8H15NO6.C6H13NO5/c1-3(11)8(9)6(13)5(12)4(2-10)15-7(8)14;7-3-5(10)4(9)2(1-8)12-6(3)11/h4-7,10,12-14H,2,9H2,1H3;2-6,8-11H,1,7H2/t4-,5-,6+,7?,8-;2-,3-,4-,5-,6?/m11/s1. The van der Waals surface area contributed by atoms with Crippen LogP contribution in [0.2, 0.25) is 0 Å². The Kier molecular flexibility index (Phi) is 8.61. The zero-order valence-corrected chi connectivity index (χ0v) is 14.6. The SMILES string of the molecule is CC(=O)[C@]1(N)C(O)O[C@H](CO)[C@@H](O)[C@@H]1O.N[C@H]1C(O)O[C@H](CO)[C@@H](O)[C@@H]1O. The summed E-state index contributed by atoms with van der Waals surface area (Å²) >= 11 is 0. The molecule has 13 nitrogen and oxygen atoms in total. The van der Waals surface area contributed by atoms with Crippen LogP contribution in [0.5, 0.6) is 0 Å². The number of hydrogen-bond donors (Lipinski definition) is 10. The first kappa shape index (κ1) is 24.2. The Labute approximate surface area is 154 Å². The Morgan fingerprint density at radius 1 is 0.926 bits per heavy atom. The van der Waals surface area contributed by atoms with Gasteiger partial charge in [0.2, 0.25) is 0 Å². The maximum absolute atomic E-state index is 11.2. The fourth-order valence-electron chi connectivity index (χ4n) is 2.64. The summed E-state index contributed by atoms with van der Waals surface area (Å²) in [6, 6.07) is -1.04. The molecule has 27 heavy (non-hydrogen) atoms. The molecule has 2 rings (SSSR count). The average molecular weight is 400 g/mol. The normalized spacial score (nSPS) is 47.7. The Morgan fingerprint density at radius 3 is 1.85 bits per heavy atom. The second-order valence-electron chi connectivity index (χ2n) is 6.44. The van der Waals surface area contributed by atoms with E-state index in [1.54, 1.807) is 0 Å². The van der Waals surface area contributed by atoms with Gasteiger partial charge in [-0.05, 0) is 6.92 Å². The quantitative estimate of drug-likeness (QED) is 0.212. The number of carbonyl (C=O) groups excluding carboxylic acids is 1. The molecule has 0 spiro atoms. The van der Waals surface area contributed by atoms with Crippen molar-refractivity contribution in [2.45, 2.75) is 67.7 Å². The van der Waals surface area contributed by atoms with Gasteiger partial charge in [-0.2, -0.15) is 0 Å². The minimum Gasteiger partial charge on any atom is -0.394 e. The van der Waals surface area contributed by atoms with Crippen molar-refractivity contribution in [3.05, 3.63) is 0 Å². The molecule has 0 saturated carbocycles.